The number of aromatic nitrogens is 2. The Morgan fingerprint density at radius 2 is 2.07 bits per heavy atom. The van der Waals surface area contributed by atoms with Crippen LogP contribution in [0.4, 0.5) is 5.13 Å². The van der Waals surface area contributed by atoms with E-state index in [2.05, 4.69) is 15.3 Å². The number of hydrogen-bond acceptors (Lipinski definition) is 5. The van der Waals surface area contributed by atoms with E-state index >= 15 is 0 Å². The second-order valence-corrected chi connectivity index (χ2v) is 7.57. The zero-order valence-corrected chi connectivity index (χ0v) is 15.8. The van der Waals surface area contributed by atoms with Gasteiger partial charge in [-0.1, -0.05) is 35.1 Å². The van der Waals surface area contributed by atoms with Crippen molar-refractivity contribution in [2.45, 2.75) is 13.0 Å². The molecule has 3 aromatic rings. The number of fused-ring (bicyclic) bond motifs is 1. The summed E-state index contributed by atoms with van der Waals surface area (Å²) in [5.74, 6) is -0.357. The van der Waals surface area contributed by atoms with Gasteiger partial charge in [0.2, 0.25) is 0 Å². The summed E-state index contributed by atoms with van der Waals surface area (Å²) in [4.78, 5) is 36.2. The van der Waals surface area contributed by atoms with Crippen molar-refractivity contribution in [1.82, 2.24) is 14.9 Å². The van der Waals surface area contributed by atoms with E-state index in [-0.39, 0.29) is 11.8 Å². The maximum absolute atomic E-state index is 12.7. The van der Waals surface area contributed by atoms with Gasteiger partial charge in [0.05, 0.1) is 12.2 Å². The normalized spacial score (nSPS) is 13.1. The summed E-state index contributed by atoms with van der Waals surface area (Å²) in [6.07, 6.45) is 2.22. The molecule has 3 heterocycles. The van der Waals surface area contributed by atoms with Crippen molar-refractivity contribution in [3.63, 3.8) is 0 Å². The van der Waals surface area contributed by atoms with Gasteiger partial charge in [0.1, 0.15) is 5.69 Å². The summed E-state index contributed by atoms with van der Waals surface area (Å²) in [6.45, 7) is 1.05. The lowest BCUT2D eigenvalue weighted by atomic mass is 10.1. The zero-order chi connectivity index (χ0) is 18.8. The van der Waals surface area contributed by atoms with Crippen LogP contribution in [-0.2, 0) is 13.0 Å². The van der Waals surface area contributed by atoms with E-state index in [0.717, 1.165) is 10.6 Å². The Morgan fingerprint density at radius 1 is 1.19 bits per heavy atom. The van der Waals surface area contributed by atoms with Gasteiger partial charge in [-0.05, 0) is 30.3 Å². The molecule has 0 fully saturated rings. The predicted octanol–water partition coefficient (Wildman–Crippen LogP) is 3.64. The lowest BCUT2D eigenvalue weighted by Crippen LogP contribution is -2.35. The highest BCUT2D eigenvalue weighted by Gasteiger charge is 2.25. The van der Waals surface area contributed by atoms with Gasteiger partial charge in [-0.3, -0.25) is 19.9 Å². The maximum atomic E-state index is 12.7. The Labute approximate surface area is 164 Å². The molecule has 0 spiro atoms. The average molecular weight is 399 g/mol. The molecule has 136 valence electrons. The molecular weight excluding hydrogens is 384 g/mol. The second kappa shape index (κ2) is 7.46. The van der Waals surface area contributed by atoms with Crippen molar-refractivity contribution in [3.05, 3.63) is 75.5 Å². The van der Waals surface area contributed by atoms with Crippen LogP contribution >= 0.6 is 22.9 Å². The predicted molar refractivity (Wildman–Crippen MR) is 104 cm³/mol. The first kappa shape index (κ1) is 17.6. The molecule has 2 aromatic heterocycles. The van der Waals surface area contributed by atoms with Crippen LogP contribution in [0.3, 0.4) is 0 Å². The van der Waals surface area contributed by atoms with E-state index in [1.807, 2.05) is 0 Å². The van der Waals surface area contributed by atoms with Crippen molar-refractivity contribution >= 4 is 39.9 Å². The summed E-state index contributed by atoms with van der Waals surface area (Å²) in [6, 6.07) is 12.1. The van der Waals surface area contributed by atoms with Gasteiger partial charge in [0.25, 0.3) is 11.8 Å². The molecule has 1 aliphatic heterocycles. The monoisotopic (exact) mass is 398 g/mol. The number of thiazole rings is 1. The first-order valence-electron chi connectivity index (χ1n) is 8.36. The summed E-state index contributed by atoms with van der Waals surface area (Å²) in [5, 5.41) is 3.84. The van der Waals surface area contributed by atoms with Crippen molar-refractivity contribution < 1.29 is 9.59 Å². The Morgan fingerprint density at radius 3 is 2.85 bits per heavy atom. The Hall–Kier alpha value is -2.77. The minimum atomic E-state index is -0.298. The van der Waals surface area contributed by atoms with Crippen LogP contribution in [0.2, 0.25) is 5.02 Å². The largest absolute Gasteiger partial charge is 0.333 e. The van der Waals surface area contributed by atoms with Crippen LogP contribution in [0, 0.1) is 0 Å². The van der Waals surface area contributed by atoms with Crippen molar-refractivity contribution in [2.24, 2.45) is 0 Å². The van der Waals surface area contributed by atoms with Gasteiger partial charge < -0.3 is 4.90 Å². The molecule has 0 radical (unpaired) electrons. The molecule has 1 aliphatic rings. The molecular formula is C19H15ClN4O2S. The summed E-state index contributed by atoms with van der Waals surface area (Å²) < 4.78 is 0. The van der Waals surface area contributed by atoms with Gasteiger partial charge in [-0.25, -0.2) is 4.98 Å². The molecule has 2 amide bonds. The van der Waals surface area contributed by atoms with Crippen LogP contribution in [0.5, 0.6) is 0 Å². The van der Waals surface area contributed by atoms with Crippen molar-refractivity contribution in [2.75, 3.05) is 11.9 Å². The Bertz CT molecular complexity index is 1010. The number of nitrogens with one attached hydrogen (secondary N) is 1. The lowest BCUT2D eigenvalue weighted by molar-refractivity contribution is 0.0736. The van der Waals surface area contributed by atoms with E-state index in [4.69, 9.17) is 11.6 Å². The summed E-state index contributed by atoms with van der Waals surface area (Å²) >= 11 is 7.37. The molecule has 0 unspecified atom stereocenters. The molecule has 6 nitrogen and oxygen atoms in total. The SMILES string of the molecule is O=C(Nc1nc2c(s1)CN(C(=O)c1cccc(Cl)c1)CC2)c1ccccn1. The third-order valence-electron chi connectivity index (χ3n) is 4.21. The smallest absolute Gasteiger partial charge is 0.276 e. The number of carbonyl (C=O) groups is 2. The minimum Gasteiger partial charge on any atom is -0.333 e. The third-order valence-corrected chi connectivity index (χ3v) is 5.44. The average Bonchev–Trinajstić information content (AvgIpc) is 3.09. The van der Waals surface area contributed by atoms with Gasteiger partial charge in [0.15, 0.2) is 5.13 Å². The topological polar surface area (TPSA) is 75.2 Å². The highest BCUT2D eigenvalue weighted by atomic mass is 35.5. The van der Waals surface area contributed by atoms with E-state index < -0.39 is 0 Å². The zero-order valence-electron chi connectivity index (χ0n) is 14.2. The van der Waals surface area contributed by atoms with E-state index in [1.165, 1.54) is 11.3 Å². The van der Waals surface area contributed by atoms with Crippen molar-refractivity contribution in [3.8, 4) is 0 Å². The van der Waals surface area contributed by atoms with Crippen LogP contribution in [0.25, 0.3) is 0 Å². The van der Waals surface area contributed by atoms with Crippen LogP contribution < -0.4 is 5.32 Å². The summed E-state index contributed by atoms with van der Waals surface area (Å²) in [7, 11) is 0. The number of benzene rings is 1. The van der Waals surface area contributed by atoms with Crippen molar-refractivity contribution in [1.29, 1.82) is 0 Å². The van der Waals surface area contributed by atoms with Crippen LogP contribution in [-0.4, -0.2) is 33.2 Å². The number of rotatable bonds is 3. The highest BCUT2D eigenvalue weighted by Crippen LogP contribution is 2.29. The van der Waals surface area contributed by atoms with Gasteiger partial charge in [-0.15, -0.1) is 0 Å². The third kappa shape index (κ3) is 3.84. The number of pyridine rings is 1. The molecule has 0 aliphatic carbocycles. The number of anilines is 1. The molecule has 1 N–H and O–H groups in total. The van der Waals surface area contributed by atoms with E-state index in [1.54, 1.807) is 53.6 Å². The molecule has 0 saturated heterocycles. The van der Waals surface area contributed by atoms with E-state index in [0.29, 0.717) is 40.9 Å². The number of nitrogens with zero attached hydrogens (tertiary/aromatic N) is 3. The Balaban J connectivity index is 1.47. The molecule has 27 heavy (non-hydrogen) atoms. The van der Waals surface area contributed by atoms with Gasteiger partial charge in [-0.2, -0.15) is 0 Å². The van der Waals surface area contributed by atoms with Gasteiger partial charge in [0, 0.05) is 34.6 Å². The lowest BCUT2D eigenvalue weighted by Gasteiger charge is -2.26. The minimum absolute atomic E-state index is 0.0596. The maximum Gasteiger partial charge on any atom is 0.276 e. The summed E-state index contributed by atoms with van der Waals surface area (Å²) in [5.41, 5.74) is 1.83. The fraction of sp³-hybridized carbons (Fsp3) is 0.158. The molecule has 0 atom stereocenters. The highest BCUT2D eigenvalue weighted by molar-refractivity contribution is 7.15. The van der Waals surface area contributed by atoms with Crippen LogP contribution in [0.1, 0.15) is 31.4 Å². The number of halogens is 1. The molecule has 0 saturated carbocycles. The quantitative estimate of drug-likeness (QED) is 0.730. The molecule has 1 aromatic carbocycles. The Kier molecular flexibility index (Phi) is 4.87. The number of hydrogen-bond donors (Lipinski definition) is 1. The fourth-order valence-electron chi connectivity index (χ4n) is 2.88. The number of amides is 2. The fourth-order valence-corrected chi connectivity index (χ4v) is 4.09. The molecule has 4 rings (SSSR count). The standard InChI is InChI=1S/C19H15ClN4O2S/c20-13-5-3-4-12(10-13)18(26)24-9-7-14-16(11-24)27-19(22-14)23-17(25)15-6-1-2-8-21-15/h1-6,8,10H,7,9,11H2,(H,22,23,25). The molecule has 0 bridgehead atoms. The first-order chi connectivity index (χ1) is 13.1. The molecule has 8 heteroatoms. The number of carbonyl (C=O) groups excluding carboxylic acids is 2. The first-order valence-corrected chi connectivity index (χ1v) is 9.55. The van der Waals surface area contributed by atoms with Gasteiger partial charge >= 0.3 is 0 Å². The van der Waals surface area contributed by atoms with Crippen LogP contribution in [0.15, 0.2) is 48.7 Å². The van der Waals surface area contributed by atoms with E-state index in [9.17, 15) is 9.59 Å². The second-order valence-electron chi connectivity index (χ2n) is 6.05.